The van der Waals surface area contributed by atoms with Gasteiger partial charge in [-0.3, -0.25) is 4.98 Å². The first-order valence-electron chi connectivity index (χ1n) is 2.43. The summed E-state index contributed by atoms with van der Waals surface area (Å²) in [7, 11) is 0. The first-order valence-corrected chi connectivity index (χ1v) is 4.85. The Hall–Kier alpha value is -0.292. The van der Waals surface area contributed by atoms with E-state index in [-0.39, 0.29) is 0 Å². The molecule has 0 bridgehead atoms. The predicted molar refractivity (Wildman–Crippen MR) is 38.6 cm³/mol. The van der Waals surface area contributed by atoms with Gasteiger partial charge in [-0.05, 0) is 12.1 Å². The summed E-state index contributed by atoms with van der Waals surface area (Å²) < 4.78 is 0. The zero-order valence-corrected chi connectivity index (χ0v) is 7.33. The molecule has 0 amide bonds. The summed E-state index contributed by atoms with van der Waals surface area (Å²) in [6.45, 7) is 0. The quantitative estimate of drug-likeness (QED) is 0.525. The van der Waals surface area contributed by atoms with Gasteiger partial charge in [0.1, 0.15) is 0 Å². The Balaban J connectivity index is 0.000000222. The van der Waals surface area contributed by atoms with Crippen molar-refractivity contribution in [1.82, 2.24) is 4.98 Å². The minimum atomic E-state index is 1.69. The van der Waals surface area contributed by atoms with Gasteiger partial charge in [-0.2, -0.15) is 0 Å². The molecular formula is C6H10AsN. The fraction of sp³-hybridized carbons (Fsp3) is 0.167. The Morgan fingerprint density at radius 3 is 1.62 bits per heavy atom. The molecule has 0 aromatic carbocycles. The average Bonchev–Trinajstić information content (AvgIpc) is 1.96. The van der Waals surface area contributed by atoms with Gasteiger partial charge in [-0.15, -0.1) is 0 Å². The van der Waals surface area contributed by atoms with Crippen LogP contribution in [0.25, 0.3) is 0 Å². The van der Waals surface area contributed by atoms with Crippen LogP contribution >= 0.6 is 0 Å². The summed E-state index contributed by atoms with van der Waals surface area (Å²) in [4.78, 5) is 3.78. The molecule has 0 N–H and O–H groups in total. The van der Waals surface area contributed by atoms with Gasteiger partial charge in [-0.1, -0.05) is 6.07 Å². The van der Waals surface area contributed by atoms with Gasteiger partial charge in [-0.25, -0.2) is 0 Å². The van der Waals surface area contributed by atoms with Crippen molar-refractivity contribution in [2.24, 2.45) is 0 Å². The normalized spacial score (nSPS) is 6.75. The van der Waals surface area contributed by atoms with Crippen molar-refractivity contribution in [2.75, 3.05) is 0 Å². The van der Waals surface area contributed by atoms with Crippen molar-refractivity contribution in [1.29, 1.82) is 0 Å². The molecule has 0 aliphatic carbocycles. The van der Waals surface area contributed by atoms with Crippen molar-refractivity contribution in [2.45, 2.75) is 5.71 Å². The largest absolute Gasteiger partial charge is 0.265 e. The van der Waals surface area contributed by atoms with E-state index in [4.69, 9.17) is 0 Å². The maximum absolute atomic E-state index is 3.78. The van der Waals surface area contributed by atoms with Gasteiger partial charge < -0.3 is 0 Å². The summed E-state index contributed by atoms with van der Waals surface area (Å²) in [6.07, 6.45) is 3.50. The van der Waals surface area contributed by atoms with Crippen LogP contribution in [0.3, 0.4) is 0 Å². The van der Waals surface area contributed by atoms with Gasteiger partial charge in [0.25, 0.3) is 0 Å². The predicted octanol–water partition coefficient (Wildman–Crippen LogP) is 0.749. The molecule has 2 heteroatoms. The van der Waals surface area contributed by atoms with Gasteiger partial charge in [0.05, 0.1) is 0 Å². The van der Waals surface area contributed by atoms with E-state index in [2.05, 4.69) is 10.7 Å². The van der Waals surface area contributed by atoms with E-state index >= 15 is 0 Å². The smallest absolute Gasteiger partial charge is 0.0267 e. The maximum atomic E-state index is 3.78. The monoisotopic (exact) mass is 171 g/mol. The number of pyridine rings is 1. The molecule has 1 rings (SSSR count). The standard InChI is InChI=1S/C5H5N.CH5As/c1-2-4-6-5-3-1;1-2/h1-5H;2H2,1H3. The van der Waals surface area contributed by atoms with Crippen LogP contribution in [0.1, 0.15) is 0 Å². The minimum Gasteiger partial charge on any atom is -0.265 e. The van der Waals surface area contributed by atoms with Crippen LogP contribution < -0.4 is 0 Å². The third kappa shape index (κ3) is 3.88. The molecule has 0 saturated heterocycles. The van der Waals surface area contributed by atoms with Crippen LogP contribution in [0.15, 0.2) is 30.6 Å². The SMILES string of the molecule is C[AsH2].c1ccncc1. The summed E-state index contributed by atoms with van der Waals surface area (Å²) in [5, 5.41) is 0. The van der Waals surface area contributed by atoms with Crippen LogP contribution in [0, 0.1) is 0 Å². The molecule has 8 heavy (non-hydrogen) atoms. The maximum Gasteiger partial charge on any atom is 0.0267 e. The number of aromatic nitrogens is 1. The van der Waals surface area contributed by atoms with Gasteiger partial charge in [0.2, 0.25) is 0 Å². The molecule has 0 aliphatic heterocycles. The van der Waals surface area contributed by atoms with Crippen LogP contribution in [0.5, 0.6) is 0 Å². The van der Waals surface area contributed by atoms with E-state index in [1.807, 2.05) is 18.2 Å². The van der Waals surface area contributed by atoms with Gasteiger partial charge >= 0.3 is 22.6 Å². The molecule has 1 atom stereocenters. The molecule has 44 valence electrons. The van der Waals surface area contributed by atoms with Crippen molar-refractivity contribution in [3.63, 3.8) is 0 Å². The molecule has 1 aromatic rings. The second-order valence-corrected chi connectivity index (χ2v) is 1.02. The second-order valence-electron chi connectivity index (χ2n) is 1.02. The zero-order valence-electron chi connectivity index (χ0n) is 4.91. The van der Waals surface area contributed by atoms with Crippen LogP contribution in [-0.2, 0) is 0 Å². The number of hydrogen-bond donors (Lipinski definition) is 0. The van der Waals surface area contributed by atoms with E-state index in [0.29, 0.717) is 0 Å². The molecule has 0 aliphatic rings. The average molecular weight is 171 g/mol. The number of rotatable bonds is 0. The zero-order chi connectivity index (χ0) is 6.24. The topological polar surface area (TPSA) is 12.9 Å². The van der Waals surface area contributed by atoms with Crippen LogP contribution in [-0.4, -0.2) is 21.8 Å². The Kier molecular flexibility index (Phi) is 6.46. The van der Waals surface area contributed by atoms with Crippen molar-refractivity contribution in [3.05, 3.63) is 30.6 Å². The Bertz CT molecular complexity index is 80.5. The molecule has 0 fully saturated rings. The van der Waals surface area contributed by atoms with Crippen molar-refractivity contribution < 1.29 is 0 Å². The summed E-state index contributed by atoms with van der Waals surface area (Å²) in [5.41, 5.74) is 2.06. The van der Waals surface area contributed by atoms with E-state index < -0.39 is 0 Å². The summed E-state index contributed by atoms with van der Waals surface area (Å²) in [5.74, 6) is 0. The van der Waals surface area contributed by atoms with Crippen LogP contribution in [0.4, 0.5) is 0 Å². The van der Waals surface area contributed by atoms with E-state index in [0.717, 1.165) is 0 Å². The fourth-order valence-electron chi connectivity index (χ4n) is 0.313. The Morgan fingerprint density at radius 2 is 1.50 bits per heavy atom. The molecule has 1 aromatic heterocycles. The molecule has 0 saturated carbocycles. The van der Waals surface area contributed by atoms with E-state index in [1.165, 1.54) is 0 Å². The molecular weight excluding hydrogens is 161 g/mol. The first-order chi connectivity index (χ1) is 4.00. The third-order valence-corrected chi connectivity index (χ3v) is 0.566. The molecule has 1 unspecified atom stereocenters. The molecule has 1 nitrogen and oxygen atoms in total. The van der Waals surface area contributed by atoms with Crippen molar-refractivity contribution in [3.8, 4) is 0 Å². The molecule has 0 spiro atoms. The molecule has 0 radical (unpaired) electrons. The number of nitrogens with zero attached hydrogens (tertiary/aromatic N) is 1. The van der Waals surface area contributed by atoms with Crippen LogP contribution in [0.2, 0.25) is 5.71 Å². The Labute approximate surface area is 58.6 Å². The summed E-state index contributed by atoms with van der Waals surface area (Å²) in [6, 6.07) is 5.72. The molecule has 1 heterocycles. The van der Waals surface area contributed by atoms with E-state index in [1.54, 1.807) is 29.2 Å². The number of hydrogen-bond acceptors (Lipinski definition) is 1. The Morgan fingerprint density at radius 1 is 1.00 bits per heavy atom. The second kappa shape index (κ2) is 6.71. The van der Waals surface area contributed by atoms with Gasteiger partial charge in [0.15, 0.2) is 0 Å². The van der Waals surface area contributed by atoms with E-state index in [9.17, 15) is 0 Å². The minimum absolute atomic E-state index is 1.69. The first kappa shape index (κ1) is 7.71. The van der Waals surface area contributed by atoms with Gasteiger partial charge in [0, 0.05) is 12.4 Å². The van der Waals surface area contributed by atoms with Crippen molar-refractivity contribution >= 4 is 16.9 Å². The fourth-order valence-corrected chi connectivity index (χ4v) is 0.313. The summed E-state index contributed by atoms with van der Waals surface area (Å²) >= 11 is 1.69. The third-order valence-electron chi connectivity index (χ3n) is 0.566.